The van der Waals surface area contributed by atoms with Crippen LogP contribution in [0.4, 0.5) is 5.69 Å². The van der Waals surface area contributed by atoms with E-state index in [1.165, 1.54) is 16.8 Å². The second-order valence-corrected chi connectivity index (χ2v) is 8.29. The average molecular weight is 463 g/mol. The Balaban J connectivity index is 1.77. The molecule has 1 unspecified atom stereocenters. The maximum Gasteiger partial charge on any atom is 0.294 e. The fourth-order valence-corrected chi connectivity index (χ4v) is 4.40. The molecule has 34 heavy (non-hydrogen) atoms. The molecule has 3 aromatic rings. The molecule has 2 aromatic carbocycles. The normalized spacial score (nSPS) is 16.1. The van der Waals surface area contributed by atoms with Crippen LogP contribution < -0.4 is 10.2 Å². The van der Waals surface area contributed by atoms with Crippen LogP contribution in [0.5, 0.6) is 5.75 Å². The number of para-hydroxylation sites is 2. The molecule has 176 valence electrons. The lowest BCUT2D eigenvalue weighted by Crippen LogP contribution is -2.39. The highest BCUT2D eigenvalue weighted by atomic mass is 16.6. The molecule has 1 aromatic heterocycles. The summed E-state index contributed by atoms with van der Waals surface area (Å²) in [6.07, 6.45) is 3.53. The van der Waals surface area contributed by atoms with Crippen LogP contribution in [0.25, 0.3) is 5.69 Å². The molecule has 0 spiro atoms. The number of rotatable bonds is 5. The van der Waals surface area contributed by atoms with Gasteiger partial charge in [0.05, 0.1) is 18.1 Å². The van der Waals surface area contributed by atoms with Gasteiger partial charge in [-0.3, -0.25) is 19.7 Å². The van der Waals surface area contributed by atoms with E-state index in [0.717, 1.165) is 37.0 Å². The zero-order valence-corrected chi connectivity index (χ0v) is 19.1. The second kappa shape index (κ2) is 9.86. The van der Waals surface area contributed by atoms with Crippen molar-refractivity contribution in [2.75, 3.05) is 13.7 Å². The molecule has 0 bridgehead atoms. The van der Waals surface area contributed by atoms with E-state index in [1.807, 2.05) is 24.3 Å². The van der Waals surface area contributed by atoms with Crippen molar-refractivity contribution in [3.63, 3.8) is 0 Å². The minimum atomic E-state index is -0.509. The highest BCUT2D eigenvalue weighted by Crippen LogP contribution is 2.32. The molecule has 0 N–H and O–H groups in total. The molecule has 4 rings (SSSR count). The maximum absolute atomic E-state index is 13.7. The SMILES string of the molecule is COc1ccc(C2CCCCCN2C(=O)c2nn(-c3ccccc3[N+](=O)[O-])c(C)cc2=O)cc1. The smallest absolute Gasteiger partial charge is 0.294 e. The third kappa shape index (κ3) is 4.54. The molecule has 1 fully saturated rings. The van der Waals surface area contributed by atoms with Gasteiger partial charge in [-0.2, -0.15) is 5.10 Å². The summed E-state index contributed by atoms with van der Waals surface area (Å²) in [5, 5.41) is 15.9. The molecule has 1 atom stereocenters. The highest BCUT2D eigenvalue weighted by Gasteiger charge is 2.30. The number of ether oxygens (including phenoxy) is 1. The molecule has 0 aliphatic carbocycles. The number of likely N-dealkylation sites (tertiary alicyclic amines) is 1. The monoisotopic (exact) mass is 462 g/mol. The van der Waals surface area contributed by atoms with E-state index in [1.54, 1.807) is 37.1 Å². The molecule has 0 radical (unpaired) electrons. The fourth-order valence-electron chi connectivity index (χ4n) is 4.40. The second-order valence-electron chi connectivity index (χ2n) is 8.29. The van der Waals surface area contributed by atoms with Crippen LogP contribution in [0.2, 0.25) is 0 Å². The van der Waals surface area contributed by atoms with Crippen LogP contribution in [-0.2, 0) is 0 Å². The molecular weight excluding hydrogens is 436 g/mol. The first-order valence-corrected chi connectivity index (χ1v) is 11.2. The number of nitro groups is 1. The van der Waals surface area contributed by atoms with Gasteiger partial charge in [-0.25, -0.2) is 4.68 Å². The quantitative estimate of drug-likeness (QED) is 0.415. The van der Waals surface area contributed by atoms with Crippen LogP contribution in [0.15, 0.2) is 59.4 Å². The number of methoxy groups -OCH3 is 1. The Labute approximate surface area is 196 Å². The Bertz CT molecular complexity index is 1270. The molecular formula is C25H26N4O5. The van der Waals surface area contributed by atoms with E-state index in [4.69, 9.17) is 4.74 Å². The summed E-state index contributed by atoms with van der Waals surface area (Å²) in [7, 11) is 1.60. The van der Waals surface area contributed by atoms with Crippen molar-refractivity contribution in [3.05, 3.63) is 91.9 Å². The van der Waals surface area contributed by atoms with Crippen LogP contribution in [0.1, 0.15) is 53.5 Å². The Morgan fingerprint density at radius 1 is 1.12 bits per heavy atom. The zero-order chi connectivity index (χ0) is 24.2. The predicted molar refractivity (Wildman–Crippen MR) is 126 cm³/mol. The lowest BCUT2D eigenvalue weighted by Gasteiger charge is -2.30. The first kappa shape index (κ1) is 23.2. The number of carbonyl (C=O) groups excluding carboxylic acids is 1. The van der Waals surface area contributed by atoms with Gasteiger partial charge in [0.25, 0.3) is 11.6 Å². The maximum atomic E-state index is 13.7. The van der Waals surface area contributed by atoms with Crippen LogP contribution in [0.3, 0.4) is 0 Å². The number of aryl methyl sites for hydroxylation is 1. The molecule has 9 nitrogen and oxygen atoms in total. The first-order chi connectivity index (χ1) is 16.4. The summed E-state index contributed by atoms with van der Waals surface area (Å²) in [6.45, 7) is 2.13. The van der Waals surface area contributed by atoms with E-state index in [2.05, 4.69) is 5.10 Å². The van der Waals surface area contributed by atoms with E-state index in [-0.39, 0.29) is 23.1 Å². The number of hydrogen-bond acceptors (Lipinski definition) is 6. The molecule has 1 saturated heterocycles. The Morgan fingerprint density at radius 3 is 2.56 bits per heavy atom. The number of nitrogens with zero attached hydrogens (tertiary/aromatic N) is 4. The minimum Gasteiger partial charge on any atom is -0.497 e. The van der Waals surface area contributed by atoms with Crippen molar-refractivity contribution in [3.8, 4) is 11.4 Å². The third-order valence-corrected chi connectivity index (χ3v) is 6.13. The predicted octanol–water partition coefficient (Wildman–Crippen LogP) is 4.22. The molecule has 1 aliphatic rings. The lowest BCUT2D eigenvalue weighted by atomic mass is 10.0. The van der Waals surface area contributed by atoms with Gasteiger partial charge >= 0.3 is 0 Å². The van der Waals surface area contributed by atoms with E-state index in [0.29, 0.717) is 12.2 Å². The number of aromatic nitrogens is 2. The summed E-state index contributed by atoms with van der Waals surface area (Å²) in [6, 6.07) is 14.8. The molecule has 1 aliphatic heterocycles. The zero-order valence-electron chi connectivity index (χ0n) is 19.1. The van der Waals surface area contributed by atoms with Crippen molar-refractivity contribution < 1.29 is 14.5 Å². The number of amides is 1. The van der Waals surface area contributed by atoms with E-state index >= 15 is 0 Å². The van der Waals surface area contributed by atoms with Crippen LogP contribution in [0, 0.1) is 17.0 Å². The summed E-state index contributed by atoms with van der Waals surface area (Å²) in [5.41, 5.74) is 0.646. The van der Waals surface area contributed by atoms with Gasteiger partial charge in [0.15, 0.2) is 5.69 Å². The average Bonchev–Trinajstić information content (AvgIpc) is 3.10. The van der Waals surface area contributed by atoms with Gasteiger partial charge in [0.2, 0.25) is 5.43 Å². The van der Waals surface area contributed by atoms with Gasteiger partial charge in [-0.1, -0.05) is 37.1 Å². The largest absolute Gasteiger partial charge is 0.497 e. The lowest BCUT2D eigenvalue weighted by molar-refractivity contribution is -0.384. The van der Waals surface area contributed by atoms with Crippen molar-refractivity contribution in [1.29, 1.82) is 0 Å². The molecule has 2 heterocycles. The van der Waals surface area contributed by atoms with Crippen molar-refractivity contribution in [1.82, 2.24) is 14.7 Å². The van der Waals surface area contributed by atoms with Crippen LogP contribution in [-0.4, -0.2) is 39.2 Å². The fraction of sp³-hybridized carbons (Fsp3) is 0.320. The van der Waals surface area contributed by atoms with E-state index < -0.39 is 16.3 Å². The highest BCUT2D eigenvalue weighted by molar-refractivity contribution is 5.92. The minimum absolute atomic E-state index is 0.161. The van der Waals surface area contributed by atoms with E-state index in [9.17, 15) is 19.7 Å². The van der Waals surface area contributed by atoms with Crippen molar-refractivity contribution in [2.45, 2.75) is 38.6 Å². The van der Waals surface area contributed by atoms with Gasteiger partial charge in [0, 0.05) is 24.4 Å². The van der Waals surface area contributed by atoms with Gasteiger partial charge in [-0.15, -0.1) is 0 Å². The van der Waals surface area contributed by atoms with Crippen molar-refractivity contribution in [2.24, 2.45) is 0 Å². The number of benzene rings is 2. The first-order valence-electron chi connectivity index (χ1n) is 11.2. The van der Waals surface area contributed by atoms with Gasteiger partial charge in [0.1, 0.15) is 11.4 Å². The molecule has 1 amide bonds. The topological polar surface area (TPSA) is 108 Å². The molecule has 0 saturated carbocycles. The van der Waals surface area contributed by atoms with Crippen molar-refractivity contribution >= 4 is 11.6 Å². The Kier molecular flexibility index (Phi) is 6.72. The third-order valence-electron chi connectivity index (χ3n) is 6.13. The number of carbonyl (C=O) groups is 1. The Morgan fingerprint density at radius 2 is 1.85 bits per heavy atom. The summed E-state index contributed by atoms with van der Waals surface area (Å²) in [5.74, 6) is 0.253. The number of hydrogen-bond donors (Lipinski definition) is 0. The summed E-state index contributed by atoms with van der Waals surface area (Å²) < 4.78 is 6.55. The Hall–Kier alpha value is -4.01. The number of nitro benzene ring substituents is 1. The molecule has 9 heteroatoms. The summed E-state index contributed by atoms with van der Waals surface area (Å²) in [4.78, 5) is 39.3. The van der Waals surface area contributed by atoms with Gasteiger partial charge < -0.3 is 9.64 Å². The van der Waals surface area contributed by atoms with Gasteiger partial charge in [-0.05, 0) is 43.5 Å². The standard InChI is InChI=1S/C25H26N4O5/c1-17-16-23(30)24(26-28(17)21-9-5-6-10-22(21)29(32)33)25(31)27-15-7-3-4-8-20(27)18-11-13-19(34-2)14-12-18/h5-6,9-14,16,20H,3-4,7-8,15H2,1-2H3. The van der Waals surface area contributed by atoms with Crippen LogP contribution >= 0.6 is 0 Å². The summed E-state index contributed by atoms with van der Waals surface area (Å²) >= 11 is 0.